The molecule has 0 spiro atoms. The second-order valence-electron chi connectivity index (χ2n) is 4.06. The van der Waals surface area contributed by atoms with Gasteiger partial charge in [0.2, 0.25) is 10.0 Å². The van der Waals surface area contributed by atoms with Gasteiger partial charge in [-0.1, -0.05) is 6.92 Å². The standard InChI is InChI=1S/C10H21NO5S/c1-4-10(3,9(12)13)8-11-17(14,15)7-6-16-5-2/h11H,4-8H2,1-3H3,(H,12,13). The van der Waals surface area contributed by atoms with E-state index in [9.17, 15) is 13.2 Å². The third-order valence-corrected chi connectivity index (χ3v) is 3.97. The van der Waals surface area contributed by atoms with Gasteiger partial charge in [0.1, 0.15) is 0 Å². The molecule has 2 N–H and O–H groups in total. The SMILES string of the molecule is CCOCCS(=O)(=O)NCC(C)(CC)C(=O)O. The molecule has 0 bridgehead atoms. The monoisotopic (exact) mass is 267 g/mol. The van der Waals surface area contributed by atoms with E-state index in [1.165, 1.54) is 6.92 Å². The Morgan fingerprint density at radius 1 is 1.41 bits per heavy atom. The van der Waals surface area contributed by atoms with E-state index in [-0.39, 0.29) is 18.9 Å². The number of aliphatic carboxylic acids is 1. The minimum Gasteiger partial charge on any atom is -0.481 e. The maximum atomic E-state index is 11.5. The lowest BCUT2D eigenvalue weighted by molar-refractivity contribution is -0.147. The molecule has 0 aromatic heterocycles. The summed E-state index contributed by atoms with van der Waals surface area (Å²) in [5.74, 6) is -1.16. The Labute approximate surface area is 102 Å². The maximum Gasteiger partial charge on any atom is 0.310 e. The van der Waals surface area contributed by atoms with Gasteiger partial charge < -0.3 is 9.84 Å². The van der Waals surface area contributed by atoms with Crippen molar-refractivity contribution in [3.05, 3.63) is 0 Å². The molecule has 7 heteroatoms. The van der Waals surface area contributed by atoms with E-state index in [1.54, 1.807) is 13.8 Å². The summed E-state index contributed by atoms with van der Waals surface area (Å²) in [5.41, 5.74) is -1.07. The van der Waals surface area contributed by atoms with Gasteiger partial charge in [-0.15, -0.1) is 0 Å². The Bertz CT molecular complexity index is 341. The molecule has 17 heavy (non-hydrogen) atoms. The normalized spacial score (nSPS) is 15.5. The molecule has 0 saturated carbocycles. The lowest BCUT2D eigenvalue weighted by Crippen LogP contribution is -2.41. The zero-order valence-electron chi connectivity index (χ0n) is 10.5. The summed E-state index contributed by atoms with van der Waals surface area (Å²) in [4.78, 5) is 11.0. The fraction of sp³-hybridized carbons (Fsp3) is 0.900. The molecule has 0 aromatic carbocycles. The van der Waals surface area contributed by atoms with Crippen LogP contribution in [0.5, 0.6) is 0 Å². The van der Waals surface area contributed by atoms with Gasteiger partial charge in [0.15, 0.2) is 0 Å². The Morgan fingerprint density at radius 2 is 2.00 bits per heavy atom. The predicted molar refractivity (Wildman–Crippen MR) is 64.3 cm³/mol. The summed E-state index contributed by atoms with van der Waals surface area (Å²) >= 11 is 0. The van der Waals surface area contributed by atoms with Crippen LogP contribution >= 0.6 is 0 Å². The quantitative estimate of drug-likeness (QED) is 0.591. The highest BCUT2D eigenvalue weighted by Crippen LogP contribution is 2.20. The summed E-state index contributed by atoms with van der Waals surface area (Å²) in [6.07, 6.45) is 0.357. The van der Waals surface area contributed by atoms with Crippen LogP contribution in [0.4, 0.5) is 0 Å². The molecule has 1 unspecified atom stereocenters. The molecule has 0 aromatic rings. The number of nitrogens with one attached hydrogen (secondary N) is 1. The summed E-state index contributed by atoms with van der Waals surface area (Å²) < 4.78 is 30.3. The van der Waals surface area contributed by atoms with Gasteiger partial charge in [-0.3, -0.25) is 4.79 Å². The number of carboxylic acid groups (broad SMARTS) is 1. The van der Waals surface area contributed by atoms with Crippen molar-refractivity contribution in [2.24, 2.45) is 5.41 Å². The van der Waals surface area contributed by atoms with Gasteiger partial charge in [-0.25, -0.2) is 13.1 Å². The summed E-state index contributed by atoms with van der Waals surface area (Å²) in [6, 6.07) is 0. The van der Waals surface area contributed by atoms with E-state index in [1.807, 2.05) is 0 Å². The lowest BCUT2D eigenvalue weighted by Gasteiger charge is -2.23. The average Bonchev–Trinajstić information content (AvgIpc) is 2.26. The highest BCUT2D eigenvalue weighted by Gasteiger charge is 2.32. The Hall–Kier alpha value is -0.660. The molecule has 0 rings (SSSR count). The van der Waals surface area contributed by atoms with E-state index in [4.69, 9.17) is 9.84 Å². The van der Waals surface area contributed by atoms with Crippen molar-refractivity contribution < 1.29 is 23.1 Å². The van der Waals surface area contributed by atoms with E-state index >= 15 is 0 Å². The fourth-order valence-electron chi connectivity index (χ4n) is 1.01. The van der Waals surface area contributed by atoms with E-state index in [0.29, 0.717) is 13.0 Å². The largest absolute Gasteiger partial charge is 0.481 e. The minimum absolute atomic E-state index is 0.104. The molecule has 1 atom stereocenters. The third kappa shape index (κ3) is 5.99. The van der Waals surface area contributed by atoms with Crippen LogP contribution in [0.25, 0.3) is 0 Å². The van der Waals surface area contributed by atoms with E-state index < -0.39 is 21.4 Å². The van der Waals surface area contributed by atoms with Crippen LogP contribution in [-0.2, 0) is 19.6 Å². The van der Waals surface area contributed by atoms with Crippen LogP contribution in [0.3, 0.4) is 0 Å². The molecule has 0 fully saturated rings. The average molecular weight is 267 g/mol. The van der Waals surface area contributed by atoms with E-state index in [2.05, 4.69) is 4.72 Å². The number of carboxylic acids is 1. The number of ether oxygens (including phenoxy) is 1. The molecule has 102 valence electrons. The highest BCUT2D eigenvalue weighted by atomic mass is 32.2. The second kappa shape index (κ2) is 6.93. The number of hydrogen-bond donors (Lipinski definition) is 2. The summed E-state index contributed by atoms with van der Waals surface area (Å²) in [7, 11) is -3.47. The van der Waals surface area contributed by atoms with Gasteiger partial charge in [-0.2, -0.15) is 0 Å². The van der Waals surface area contributed by atoms with Gasteiger partial charge >= 0.3 is 5.97 Å². The third-order valence-electron chi connectivity index (χ3n) is 2.68. The number of hydrogen-bond acceptors (Lipinski definition) is 4. The van der Waals surface area contributed by atoms with Crippen LogP contribution in [0, 0.1) is 5.41 Å². The summed E-state index contributed by atoms with van der Waals surface area (Å²) in [6.45, 7) is 5.47. The molecule has 0 aliphatic rings. The second-order valence-corrected chi connectivity index (χ2v) is 5.98. The first kappa shape index (κ1) is 16.3. The van der Waals surface area contributed by atoms with Crippen molar-refractivity contribution in [3.63, 3.8) is 0 Å². The number of sulfonamides is 1. The Morgan fingerprint density at radius 3 is 2.41 bits per heavy atom. The first-order valence-corrected chi connectivity index (χ1v) is 7.21. The zero-order valence-corrected chi connectivity index (χ0v) is 11.3. The van der Waals surface area contributed by atoms with Gasteiger partial charge in [0, 0.05) is 13.2 Å². The molecule has 0 amide bonds. The van der Waals surface area contributed by atoms with Crippen LogP contribution in [0.1, 0.15) is 27.2 Å². The van der Waals surface area contributed by atoms with Gasteiger partial charge in [0.05, 0.1) is 17.8 Å². The van der Waals surface area contributed by atoms with Gasteiger partial charge in [0.25, 0.3) is 0 Å². The van der Waals surface area contributed by atoms with Crippen LogP contribution in [-0.4, -0.2) is 45.0 Å². The van der Waals surface area contributed by atoms with Crippen molar-refractivity contribution in [3.8, 4) is 0 Å². The topological polar surface area (TPSA) is 92.7 Å². The van der Waals surface area contributed by atoms with Crippen LogP contribution < -0.4 is 4.72 Å². The molecule has 0 heterocycles. The van der Waals surface area contributed by atoms with Crippen LogP contribution in [0.2, 0.25) is 0 Å². The van der Waals surface area contributed by atoms with Gasteiger partial charge in [-0.05, 0) is 20.3 Å². The zero-order chi connectivity index (χ0) is 13.5. The predicted octanol–water partition coefficient (Wildman–Crippen LogP) is 0.443. The lowest BCUT2D eigenvalue weighted by atomic mass is 9.88. The smallest absolute Gasteiger partial charge is 0.310 e. The maximum absolute atomic E-state index is 11.5. The van der Waals surface area contributed by atoms with Crippen molar-refractivity contribution in [1.29, 1.82) is 0 Å². The van der Waals surface area contributed by atoms with Crippen LogP contribution in [0.15, 0.2) is 0 Å². The fourth-order valence-corrected chi connectivity index (χ4v) is 2.03. The Kier molecular flexibility index (Phi) is 6.66. The van der Waals surface area contributed by atoms with Crippen molar-refractivity contribution in [2.45, 2.75) is 27.2 Å². The molecular weight excluding hydrogens is 246 g/mol. The Balaban J connectivity index is 4.30. The van der Waals surface area contributed by atoms with Crippen molar-refractivity contribution in [2.75, 3.05) is 25.5 Å². The first-order chi connectivity index (χ1) is 7.77. The summed E-state index contributed by atoms with van der Waals surface area (Å²) in [5, 5.41) is 8.98. The van der Waals surface area contributed by atoms with E-state index in [0.717, 1.165) is 0 Å². The molecule has 6 nitrogen and oxygen atoms in total. The van der Waals surface area contributed by atoms with Crippen molar-refractivity contribution >= 4 is 16.0 Å². The molecule has 0 aliphatic heterocycles. The molecule has 0 saturated heterocycles. The van der Waals surface area contributed by atoms with Crippen molar-refractivity contribution in [1.82, 2.24) is 4.72 Å². The number of carbonyl (C=O) groups is 1. The molecule has 0 aliphatic carbocycles. The first-order valence-electron chi connectivity index (χ1n) is 5.56. The molecular formula is C10H21NO5S. The molecule has 0 radical (unpaired) electrons. The number of rotatable bonds is 9. The minimum atomic E-state index is -3.47. The highest BCUT2D eigenvalue weighted by molar-refractivity contribution is 7.89.